The first kappa shape index (κ1) is 22.1. The summed E-state index contributed by atoms with van der Waals surface area (Å²) in [5.41, 5.74) is 0.225. The van der Waals surface area contributed by atoms with Crippen LogP contribution in [0.1, 0.15) is 26.3 Å². The highest BCUT2D eigenvalue weighted by atomic mass is 35.5. The third kappa shape index (κ3) is 6.15. The molecule has 0 saturated heterocycles. The van der Waals surface area contributed by atoms with Crippen LogP contribution in [0.25, 0.3) is 0 Å². The van der Waals surface area contributed by atoms with Crippen molar-refractivity contribution in [2.24, 2.45) is 0 Å². The van der Waals surface area contributed by atoms with E-state index in [4.69, 9.17) is 26.2 Å². The van der Waals surface area contributed by atoms with E-state index in [1.165, 1.54) is 32.5 Å². The number of carbonyl (C=O) groups excluding carboxylic acids is 2. The molecule has 6 nitrogen and oxygen atoms in total. The number of hydrogen-bond donors (Lipinski definition) is 2. The van der Waals surface area contributed by atoms with Gasteiger partial charge >= 0.3 is 5.97 Å². The van der Waals surface area contributed by atoms with Gasteiger partial charge in [-0.3, -0.25) is 9.59 Å². The van der Waals surface area contributed by atoms with Crippen molar-refractivity contribution in [1.29, 1.82) is 0 Å². The summed E-state index contributed by atoms with van der Waals surface area (Å²) in [5.74, 6) is 0.116. The molecule has 28 heavy (non-hydrogen) atoms. The molecule has 2 N–H and O–H groups in total. The number of nitrogens with one attached hydrogen (secondary N) is 1. The standard InChI is InChI=1S/C20H22ClNO5S/c1-13(24)27-20(2,3)19(25)22-17-6-4-5-7-18(17)28-11-14-8-9-15(26-12-23)10-16(14)21/h4-10,23H,11-12H2,1-3H3,(H,22,25). The Morgan fingerprint density at radius 1 is 1.21 bits per heavy atom. The van der Waals surface area contributed by atoms with Crippen LogP contribution in [0.15, 0.2) is 47.4 Å². The number of hydrogen-bond acceptors (Lipinski definition) is 6. The van der Waals surface area contributed by atoms with E-state index in [1.807, 2.05) is 24.3 Å². The van der Waals surface area contributed by atoms with Gasteiger partial charge in [-0.15, -0.1) is 11.8 Å². The van der Waals surface area contributed by atoms with Gasteiger partial charge in [0.2, 0.25) is 0 Å². The number of aliphatic hydroxyl groups excluding tert-OH is 1. The molecule has 2 aromatic carbocycles. The quantitative estimate of drug-likeness (QED) is 0.375. The predicted molar refractivity (Wildman–Crippen MR) is 110 cm³/mol. The van der Waals surface area contributed by atoms with Gasteiger partial charge in [0.1, 0.15) is 5.75 Å². The molecule has 0 atom stereocenters. The molecule has 150 valence electrons. The number of rotatable bonds is 8. The third-order valence-electron chi connectivity index (χ3n) is 3.72. The molecule has 0 bridgehead atoms. The van der Waals surface area contributed by atoms with Crippen LogP contribution in [-0.2, 0) is 20.1 Å². The van der Waals surface area contributed by atoms with Gasteiger partial charge in [-0.05, 0) is 43.7 Å². The maximum absolute atomic E-state index is 12.5. The number of para-hydroxylation sites is 1. The van der Waals surface area contributed by atoms with Crippen LogP contribution in [-0.4, -0.2) is 29.4 Å². The second-order valence-corrected chi connectivity index (χ2v) is 7.79. The Hall–Kier alpha value is -2.22. The SMILES string of the molecule is CC(=O)OC(C)(C)C(=O)Nc1ccccc1SCc1ccc(OCO)cc1Cl. The molecule has 0 spiro atoms. The lowest BCUT2D eigenvalue weighted by molar-refractivity contribution is -0.160. The highest BCUT2D eigenvalue weighted by Crippen LogP contribution is 2.33. The normalized spacial score (nSPS) is 11.0. The summed E-state index contributed by atoms with van der Waals surface area (Å²) in [6.07, 6.45) is 0. The van der Waals surface area contributed by atoms with Crippen LogP contribution in [0.3, 0.4) is 0 Å². The molecule has 8 heteroatoms. The van der Waals surface area contributed by atoms with E-state index in [2.05, 4.69) is 5.32 Å². The minimum absolute atomic E-state index is 0.415. The summed E-state index contributed by atoms with van der Waals surface area (Å²) in [6.45, 7) is 3.92. The number of carbonyl (C=O) groups is 2. The van der Waals surface area contributed by atoms with Crippen LogP contribution in [0.2, 0.25) is 5.02 Å². The van der Waals surface area contributed by atoms with E-state index in [1.54, 1.807) is 18.2 Å². The molecule has 0 fully saturated rings. The van der Waals surface area contributed by atoms with Crippen molar-refractivity contribution in [1.82, 2.24) is 0 Å². The first-order valence-electron chi connectivity index (χ1n) is 8.48. The van der Waals surface area contributed by atoms with Gasteiger partial charge in [0.25, 0.3) is 5.91 Å². The zero-order valence-corrected chi connectivity index (χ0v) is 17.4. The van der Waals surface area contributed by atoms with Crippen molar-refractivity contribution < 1.29 is 24.2 Å². The molecule has 0 heterocycles. The fourth-order valence-electron chi connectivity index (χ4n) is 2.34. The van der Waals surface area contributed by atoms with Crippen LogP contribution in [0, 0.1) is 0 Å². The summed E-state index contributed by atoms with van der Waals surface area (Å²) in [4.78, 5) is 24.5. The van der Waals surface area contributed by atoms with E-state index in [9.17, 15) is 9.59 Å². The minimum Gasteiger partial charge on any atom is -0.468 e. The molecule has 2 rings (SSSR count). The molecule has 2 aromatic rings. The monoisotopic (exact) mass is 423 g/mol. The van der Waals surface area contributed by atoms with Crippen molar-refractivity contribution in [2.45, 2.75) is 37.0 Å². The van der Waals surface area contributed by atoms with Crippen molar-refractivity contribution in [3.05, 3.63) is 53.1 Å². The number of aliphatic hydroxyl groups is 1. The summed E-state index contributed by atoms with van der Waals surface area (Å²) >= 11 is 7.77. The van der Waals surface area contributed by atoms with Gasteiger partial charge in [-0.2, -0.15) is 0 Å². The Balaban J connectivity index is 2.10. The highest BCUT2D eigenvalue weighted by molar-refractivity contribution is 7.98. The van der Waals surface area contributed by atoms with Gasteiger partial charge in [0, 0.05) is 22.6 Å². The lowest BCUT2D eigenvalue weighted by Crippen LogP contribution is -2.41. The lowest BCUT2D eigenvalue weighted by Gasteiger charge is -2.23. The fraction of sp³-hybridized carbons (Fsp3) is 0.300. The van der Waals surface area contributed by atoms with Gasteiger partial charge < -0.3 is 19.9 Å². The summed E-state index contributed by atoms with van der Waals surface area (Å²) in [6, 6.07) is 12.5. The summed E-state index contributed by atoms with van der Waals surface area (Å²) in [5, 5.41) is 12.1. The Kier molecular flexibility index (Phi) is 7.74. The zero-order chi connectivity index (χ0) is 20.7. The molecule has 0 saturated carbocycles. The number of anilines is 1. The molecule has 0 aromatic heterocycles. The number of halogens is 1. The molecular weight excluding hydrogens is 402 g/mol. The number of thioether (sulfide) groups is 1. The zero-order valence-electron chi connectivity index (χ0n) is 15.8. The fourth-order valence-corrected chi connectivity index (χ4v) is 3.67. The highest BCUT2D eigenvalue weighted by Gasteiger charge is 2.31. The topological polar surface area (TPSA) is 84.9 Å². The Morgan fingerprint density at radius 2 is 1.93 bits per heavy atom. The second kappa shape index (κ2) is 9.82. The molecular formula is C20H22ClNO5S. The number of esters is 1. The van der Waals surface area contributed by atoms with Crippen LogP contribution in [0.5, 0.6) is 5.75 Å². The van der Waals surface area contributed by atoms with Crippen LogP contribution in [0.4, 0.5) is 5.69 Å². The molecule has 0 radical (unpaired) electrons. The lowest BCUT2D eigenvalue weighted by atomic mass is 10.1. The Morgan fingerprint density at radius 3 is 2.57 bits per heavy atom. The molecule has 0 aliphatic rings. The largest absolute Gasteiger partial charge is 0.468 e. The maximum Gasteiger partial charge on any atom is 0.303 e. The van der Waals surface area contributed by atoms with Crippen molar-refractivity contribution in [3.63, 3.8) is 0 Å². The van der Waals surface area contributed by atoms with Crippen molar-refractivity contribution in [2.75, 3.05) is 12.1 Å². The van der Waals surface area contributed by atoms with Crippen LogP contribution < -0.4 is 10.1 Å². The maximum atomic E-state index is 12.5. The second-order valence-electron chi connectivity index (χ2n) is 6.37. The van der Waals surface area contributed by atoms with Crippen LogP contribution >= 0.6 is 23.4 Å². The number of amides is 1. The molecule has 0 aliphatic carbocycles. The number of benzene rings is 2. The Bertz CT molecular complexity index is 856. The molecule has 0 aliphatic heterocycles. The van der Waals surface area contributed by atoms with Crippen molar-refractivity contribution in [3.8, 4) is 5.75 Å². The van der Waals surface area contributed by atoms with Gasteiger partial charge in [-0.1, -0.05) is 29.8 Å². The van der Waals surface area contributed by atoms with E-state index in [-0.39, 0.29) is 0 Å². The molecule has 1 amide bonds. The van der Waals surface area contributed by atoms with Gasteiger partial charge in [0.15, 0.2) is 12.4 Å². The van der Waals surface area contributed by atoms with Gasteiger partial charge in [-0.25, -0.2) is 0 Å². The minimum atomic E-state index is -1.28. The first-order chi connectivity index (χ1) is 13.2. The van der Waals surface area contributed by atoms with E-state index >= 15 is 0 Å². The van der Waals surface area contributed by atoms with Gasteiger partial charge in [0.05, 0.1) is 5.69 Å². The first-order valence-corrected chi connectivity index (χ1v) is 9.84. The van der Waals surface area contributed by atoms with E-state index in [0.29, 0.717) is 22.2 Å². The summed E-state index contributed by atoms with van der Waals surface area (Å²) in [7, 11) is 0. The third-order valence-corrected chi connectivity index (χ3v) is 5.19. The average Bonchev–Trinajstić information content (AvgIpc) is 2.61. The van der Waals surface area contributed by atoms with E-state index < -0.39 is 24.3 Å². The van der Waals surface area contributed by atoms with Crippen molar-refractivity contribution >= 4 is 40.9 Å². The predicted octanol–water partition coefficient (Wildman–Crippen LogP) is 4.24. The Labute approximate surface area is 173 Å². The average molecular weight is 424 g/mol. The van der Waals surface area contributed by atoms with E-state index in [0.717, 1.165) is 10.5 Å². The summed E-state index contributed by atoms with van der Waals surface area (Å²) < 4.78 is 10.1. The molecule has 0 unspecified atom stereocenters. The smallest absolute Gasteiger partial charge is 0.303 e. The number of ether oxygens (including phenoxy) is 2.